The molecule has 0 spiro atoms. The van der Waals surface area contributed by atoms with Gasteiger partial charge in [-0.2, -0.15) is 5.10 Å². The maximum Gasteiger partial charge on any atom is 0.262 e. The quantitative estimate of drug-likeness (QED) is 0.303. The average molecular weight is 498 g/mol. The number of nitrogens with one attached hydrogen (secondary N) is 2. The molecule has 3 rings (SSSR count). The highest BCUT2D eigenvalue weighted by Gasteiger charge is 2.24. The number of ether oxygens (including phenoxy) is 1. The normalized spacial score (nSPS) is 11.9. The molecular formula is C26H25Cl2N3O3. The summed E-state index contributed by atoms with van der Waals surface area (Å²) < 4.78 is 5.90. The van der Waals surface area contributed by atoms with Crippen molar-refractivity contribution in [3.63, 3.8) is 0 Å². The molecule has 0 saturated heterocycles. The Morgan fingerprint density at radius 3 is 2.38 bits per heavy atom. The predicted octanol–water partition coefficient (Wildman–Crippen LogP) is 5.48. The Hall–Kier alpha value is -3.35. The third-order valence-corrected chi connectivity index (χ3v) is 5.69. The molecule has 0 aliphatic heterocycles. The van der Waals surface area contributed by atoms with Gasteiger partial charge >= 0.3 is 0 Å². The van der Waals surface area contributed by atoms with Gasteiger partial charge in [-0.3, -0.25) is 9.59 Å². The number of benzene rings is 3. The molecule has 0 radical (unpaired) electrons. The van der Waals surface area contributed by atoms with E-state index in [0.717, 1.165) is 5.56 Å². The molecular weight excluding hydrogens is 473 g/mol. The van der Waals surface area contributed by atoms with Crippen LogP contribution in [0.2, 0.25) is 10.0 Å². The minimum Gasteiger partial charge on any atom is -0.488 e. The summed E-state index contributed by atoms with van der Waals surface area (Å²) >= 11 is 12.0. The largest absolute Gasteiger partial charge is 0.488 e. The van der Waals surface area contributed by atoms with Crippen LogP contribution in [0.25, 0.3) is 0 Å². The Kier molecular flexibility index (Phi) is 9.08. The number of para-hydroxylation sites is 1. The number of nitrogens with zero attached hydrogens (tertiary/aromatic N) is 1. The molecule has 3 aromatic carbocycles. The lowest BCUT2D eigenvalue weighted by Crippen LogP contribution is -2.48. The van der Waals surface area contributed by atoms with Crippen molar-refractivity contribution >= 4 is 41.2 Å². The molecule has 8 heteroatoms. The summed E-state index contributed by atoms with van der Waals surface area (Å²) in [5, 5.41) is 7.78. The van der Waals surface area contributed by atoms with Gasteiger partial charge in [0.15, 0.2) is 0 Å². The van der Waals surface area contributed by atoms with Gasteiger partial charge in [0.05, 0.1) is 16.3 Å². The second-order valence-electron chi connectivity index (χ2n) is 7.87. The third-order valence-electron chi connectivity index (χ3n) is 4.95. The van der Waals surface area contributed by atoms with Crippen molar-refractivity contribution in [2.45, 2.75) is 26.5 Å². The number of halogens is 2. The molecule has 3 aromatic rings. The third kappa shape index (κ3) is 7.07. The Balaban J connectivity index is 1.62. The summed E-state index contributed by atoms with van der Waals surface area (Å²) in [5.74, 6) is -0.279. The van der Waals surface area contributed by atoms with Gasteiger partial charge < -0.3 is 10.1 Å². The fraction of sp³-hybridized carbons (Fsp3) is 0.192. The van der Waals surface area contributed by atoms with E-state index in [1.165, 1.54) is 6.21 Å². The van der Waals surface area contributed by atoms with Crippen molar-refractivity contribution in [3.05, 3.63) is 99.5 Å². The maximum atomic E-state index is 12.7. The van der Waals surface area contributed by atoms with Crippen molar-refractivity contribution < 1.29 is 14.3 Å². The van der Waals surface area contributed by atoms with Crippen LogP contribution in [0.1, 0.15) is 35.3 Å². The van der Waals surface area contributed by atoms with Crippen molar-refractivity contribution in [2.24, 2.45) is 11.0 Å². The van der Waals surface area contributed by atoms with Crippen LogP contribution in [-0.4, -0.2) is 24.1 Å². The SMILES string of the molecule is CC(C)C(NC(=O)c1ccccc1)C(=O)NN=Cc1ccccc1OCc1ccc(Cl)c(Cl)c1. The Morgan fingerprint density at radius 1 is 0.971 bits per heavy atom. The van der Waals surface area contributed by atoms with Gasteiger partial charge in [-0.25, -0.2) is 5.43 Å². The van der Waals surface area contributed by atoms with E-state index in [1.807, 2.05) is 44.2 Å². The fourth-order valence-electron chi connectivity index (χ4n) is 3.09. The van der Waals surface area contributed by atoms with Gasteiger partial charge in [0.1, 0.15) is 18.4 Å². The zero-order valence-electron chi connectivity index (χ0n) is 18.8. The lowest BCUT2D eigenvalue weighted by Gasteiger charge is -2.20. The molecule has 1 atom stereocenters. The molecule has 2 N–H and O–H groups in total. The van der Waals surface area contributed by atoms with E-state index in [0.29, 0.717) is 26.9 Å². The van der Waals surface area contributed by atoms with Crippen LogP contribution in [0.4, 0.5) is 0 Å². The predicted molar refractivity (Wildman–Crippen MR) is 136 cm³/mol. The highest BCUT2D eigenvalue weighted by atomic mass is 35.5. The Labute approximate surface area is 208 Å². The van der Waals surface area contributed by atoms with E-state index in [9.17, 15) is 9.59 Å². The van der Waals surface area contributed by atoms with E-state index in [4.69, 9.17) is 27.9 Å². The van der Waals surface area contributed by atoms with Gasteiger partial charge in [-0.05, 0) is 47.9 Å². The molecule has 176 valence electrons. The molecule has 2 amide bonds. The fourth-order valence-corrected chi connectivity index (χ4v) is 3.41. The maximum absolute atomic E-state index is 12.7. The number of carbonyl (C=O) groups is 2. The van der Waals surface area contributed by atoms with Crippen LogP contribution < -0.4 is 15.5 Å². The summed E-state index contributed by atoms with van der Waals surface area (Å²) in [7, 11) is 0. The van der Waals surface area contributed by atoms with Gasteiger partial charge in [-0.1, -0.05) is 73.4 Å². The first-order chi connectivity index (χ1) is 16.3. The lowest BCUT2D eigenvalue weighted by atomic mass is 10.0. The molecule has 6 nitrogen and oxygen atoms in total. The average Bonchev–Trinajstić information content (AvgIpc) is 2.84. The number of hydrogen-bond donors (Lipinski definition) is 2. The van der Waals surface area contributed by atoms with E-state index >= 15 is 0 Å². The number of carbonyl (C=O) groups excluding carboxylic acids is 2. The molecule has 1 unspecified atom stereocenters. The molecule has 0 fully saturated rings. The highest BCUT2D eigenvalue weighted by Crippen LogP contribution is 2.24. The lowest BCUT2D eigenvalue weighted by molar-refractivity contribution is -0.123. The molecule has 0 heterocycles. The van der Waals surface area contributed by atoms with Crippen molar-refractivity contribution in [2.75, 3.05) is 0 Å². The van der Waals surface area contributed by atoms with Gasteiger partial charge in [0.25, 0.3) is 11.8 Å². The first kappa shape index (κ1) is 25.3. The summed E-state index contributed by atoms with van der Waals surface area (Å²) in [5.41, 5.74) is 4.54. The minimum atomic E-state index is -0.744. The van der Waals surface area contributed by atoms with Gasteiger partial charge in [0.2, 0.25) is 0 Å². The van der Waals surface area contributed by atoms with Gasteiger partial charge in [0, 0.05) is 11.1 Å². The smallest absolute Gasteiger partial charge is 0.262 e. The number of amides is 2. The zero-order valence-corrected chi connectivity index (χ0v) is 20.3. The van der Waals surface area contributed by atoms with Crippen LogP contribution in [0.15, 0.2) is 77.9 Å². The van der Waals surface area contributed by atoms with Crippen LogP contribution in [0, 0.1) is 5.92 Å². The minimum absolute atomic E-state index is 0.135. The first-order valence-corrected chi connectivity index (χ1v) is 11.5. The monoisotopic (exact) mass is 497 g/mol. The second-order valence-corrected chi connectivity index (χ2v) is 8.68. The molecule has 0 aromatic heterocycles. The Bertz CT molecular complexity index is 1170. The van der Waals surface area contributed by atoms with E-state index in [1.54, 1.807) is 42.5 Å². The summed E-state index contributed by atoms with van der Waals surface area (Å²) in [4.78, 5) is 25.2. The number of hydrazone groups is 1. The topological polar surface area (TPSA) is 79.8 Å². The summed E-state index contributed by atoms with van der Waals surface area (Å²) in [6, 6.07) is 20.6. The molecule has 0 saturated carbocycles. The molecule has 0 bridgehead atoms. The van der Waals surface area contributed by atoms with E-state index < -0.39 is 11.9 Å². The van der Waals surface area contributed by atoms with E-state index in [-0.39, 0.29) is 18.4 Å². The molecule has 34 heavy (non-hydrogen) atoms. The van der Waals surface area contributed by atoms with Crippen LogP contribution in [-0.2, 0) is 11.4 Å². The van der Waals surface area contributed by atoms with Crippen LogP contribution in [0.3, 0.4) is 0 Å². The molecule has 0 aliphatic rings. The summed E-state index contributed by atoms with van der Waals surface area (Å²) in [6.45, 7) is 3.99. The Morgan fingerprint density at radius 2 is 1.68 bits per heavy atom. The zero-order chi connectivity index (χ0) is 24.5. The van der Waals surface area contributed by atoms with Crippen molar-refractivity contribution in [3.8, 4) is 5.75 Å². The number of hydrogen-bond acceptors (Lipinski definition) is 4. The van der Waals surface area contributed by atoms with Crippen molar-refractivity contribution in [1.82, 2.24) is 10.7 Å². The highest BCUT2D eigenvalue weighted by molar-refractivity contribution is 6.42. The van der Waals surface area contributed by atoms with Crippen LogP contribution >= 0.6 is 23.2 Å². The van der Waals surface area contributed by atoms with Gasteiger partial charge in [-0.15, -0.1) is 0 Å². The second kappa shape index (κ2) is 12.2. The van der Waals surface area contributed by atoms with Crippen LogP contribution in [0.5, 0.6) is 5.75 Å². The van der Waals surface area contributed by atoms with Crippen molar-refractivity contribution in [1.29, 1.82) is 0 Å². The number of rotatable bonds is 9. The summed E-state index contributed by atoms with van der Waals surface area (Å²) in [6.07, 6.45) is 1.50. The first-order valence-electron chi connectivity index (χ1n) is 10.7. The standard InChI is InChI=1S/C26H25Cl2N3O3/c1-17(2)24(30-25(32)19-8-4-3-5-9-19)26(33)31-29-15-20-10-6-7-11-23(20)34-16-18-12-13-21(27)22(28)14-18/h3-15,17,24H,16H2,1-2H3,(H,30,32)(H,31,33). The molecule has 0 aliphatic carbocycles. The van der Waals surface area contributed by atoms with E-state index in [2.05, 4.69) is 15.8 Å².